The summed E-state index contributed by atoms with van der Waals surface area (Å²) in [5.74, 6) is -0.923. The van der Waals surface area contributed by atoms with Gasteiger partial charge in [0.1, 0.15) is 13.2 Å². The molecular formula is C73H130O6. The summed E-state index contributed by atoms with van der Waals surface area (Å²) >= 11 is 0. The molecule has 79 heavy (non-hydrogen) atoms. The van der Waals surface area contributed by atoms with Crippen LogP contribution in [0.4, 0.5) is 0 Å². The first kappa shape index (κ1) is 75.8. The van der Waals surface area contributed by atoms with Crippen molar-refractivity contribution in [1.29, 1.82) is 0 Å². The molecule has 0 aromatic rings. The van der Waals surface area contributed by atoms with Crippen LogP contribution in [0.2, 0.25) is 0 Å². The van der Waals surface area contributed by atoms with Crippen LogP contribution in [0.3, 0.4) is 0 Å². The zero-order chi connectivity index (χ0) is 57.1. The number of allylic oxidation sites excluding steroid dienone is 12. The Balaban J connectivity index is 4.24. The van der Waals surface area contributed by atoms with E-state index in [1.54, 1.807) is 0 Å². The third-order valence-electron chi connectivity index (χ3n) is 15.2. The number of carbonyl (C=O) groups is 3. The van der Waals surface area contributed by atoms with Gasteiger partial charge in [0.25, 0.3) is 0 Å². The van der Waals surface area contributed by atoms with Gasteiger partial charge in [-0.25, -0.2) is 0 Å². The smallest absolute Gasteiger partial charge is 0.306 e. The first-order valence-electron chi connectivity index (χ1n) is 34.4. The van der Waals surface area contributed by atoms with E-state index in [2.05, 4.69) is 93.7 Å². The Labute approximate surface area is 491 Å². The highest BCUT2D eigenvalue weighted by Crippen LogP contribution is 2.18. The van der Waals surface area contributed by atoms with E-state index in [1.165, 1.54) is 218 Å². The molecule has 0 aliphatic carbocycles. The van der Waals surface area contributed by atoms with Gasteiger partial charge >= 0.3 is 17.9 Å². The second-order valence-electron chi connectivity index (χ2n) is 23.1. The second-order valence-corrected chi connectivity index (χ2v) is 23.1. The summed E-state index contributed by atoms with van der Waals surface area (Å²) in [5, 5.41) is 0. The minimum absolute atomic E-state index is 0.0891. The van der Waals surface area contributed by atoms with E-state index in [-0.39, 0.29) is 31.1 Å². The van der Waals surface area contributed by atoms with E-state index in [1.807, 2.05) is 0 Å². The van der Waals surface area contributed by atoms with E-state index < -0.39 is 6.10 Å². The maximum absolute atomic E-state index is 12.9. The summed E-state index contributed by atoms with van der Waals surface area (Å²) in [6.07, 6.45) is 88.0. The number of unbranched alkanes of at least 4 members (excludes halogenated alkanes) is 40. The molecule has 0 aliphatic rings. The van der Waals surface area contributed by atoms with E-state index >= 15 is 0 Å². The monoisotopic (exact) mass is 1100 g/mol. The third kappa shape index (κ3) is 65.5. The summed E-state index contributed by atoms with van der Waals surface area (Å²) in [4.78, 5) is 38.3. The Hall–Kier alpha value is -3.15. The maximum Gasteiger partial charge on any atom is 0.306 e. The molecule has 0 aromatic carbocycles. The molecule has 0 saturated heterocycles. The third-order valence-corrected chi connectivity index (χ3v) is 15.2. The van der Waals surface area contributed by atoms with Gasteiger partial charge in [0.15, 0.2) is 6.10 Å². The first-order valence-corrected chi connectivity index (χ1v) is 34.4. The molecule has 0 aromatic heterocycles. The van der Waals surface area contributed by atoms with Crippen molar-refractivity contribution in [2.75, 3.05) is 13.2 Å². The lowest BCUT2D eigenvalue weighted by Gasteiger charge is -2.18. The van der Waals surface area contributed by atoms with Gasteiger partial charge in [-0.1, -0.05) is 318 Å². The Morgan fingerprint density at radius 1 is 0.266 bits per heavy atom. The molecule has 0 heterocycles. The van der Waals surface area contributed by atoms with Crippen molar-refractivity contribution in [3.63, 3.8) is 0 Å². The average molecular weight is 1100 g/mol. The molecule has 0 spiro atoms. The van der Waals surface area contributed by atoms with Crippen LogP contribution in [0.5, 0.6) is 0 Å². The summed E-state index contributed by atoms with van der Waals surface area (Å²) in [6.45, 7) is 6.51. The average Bonchev–Trinajstić information content (AvgIpc) is 3.45. The Morgan fingerprint density at radius 2 is 0.494 bits per heavy atom. The zero-order valence-corrected chi connectivity index (χ0v) is 52.6. The number of ether oxygens (including phenoxy) is 3. The molecule has 458 valence electrons. The van der Waals surface area contributed by atoms with Crippen molar-refractivity contribution in [3.8, 4) is 0 Å². The quantitative estimate of drug-likeness (QED) is 0.0261. The van der Waals surface area contributed by atoms with Gasteiger partial charge in [-0.05, 0) is 89.9 Å². The van der Waals surface area contributed by atoms with Gasteiger partial charge < -0.3 is 14.2 Å². The van der Waals surface area contributed by atoms with Crippen LogP contribution in [0.1, 0.15) is 355 Å². The lowest BCUT2D eigenvalue weighted by Crippen LogP contribution is -2.30. The lowest BCUT2D eigenvalue weighted by molar-refractivity contribution is -0.167. The van der Waals surface area contributed by atoms with Crippen LogP contribution >= 0.6 is 0 Å². The molecule has 0 saturated carbocycles. The van der Waals surface area contributed by atoms with Gasteiger partial charge in [0.05, 0.1) is 0 Å². The molecule has 0 N–H and O–H groups in total. The molecule has 0 amide bonds. The van der Waals surface area contributed by atoms with Crippen LogP contribution < -0.4 is 0 Å². The number of esters is 3. The van der Waals surface area contributed by atoms with Crippen molar-refractivity contribution < 1.29 is 28.6 Å². The standard InChI is InChI=1S/C73H130O6/c1-4-7-10-13-16-19-22-25-28-30-31-32-33-34-35-36-37-38-39-40-41-43-45-48-51-54-57-60-63-66-72(75)78-69-70(68-77-71(74)65-62-59-56-53-50-47-44-27-24-21-18-15-12-9-6-3)79-73(76)67-64-61-58-55-52-49-46-42-29-26-23-20-17-14-11-8-5-2/h9,12,17-18,20-21,26-27,29,44,50,53,70H,4-8,10-11,13-16,19,22-25,28,30-43,45-49,51-52,54-69H2,1-3H3/b12-9-,20-17-,21-18-,29-26-,44-27-,53-50-. The van der Waals surface area contributed by atoms with Crippen molar-refractivity contribution >= 4 is 17.9 Å². The van der Waals surface area contributed by atoms with Crippen molar-refractivity contribution in [2.24, 2.45) is 0 Å². The van der Waals surface area contributed by atoms with Gasteiger partial charge in [0, 0.05) is 19.3 Å². The molecule has 6 heteroatoms. The highest BCUT2D eigenvalue weighted by molar-refractivity contribution is 5.71. The van der Waals surface area contributed by atoms with Crippen molar-refractivity contribution in [1.82, 2.24) is 0 Å². The second kappa shape index (κ2) is 67.4. The highest BCUT2D eigenvalue weighted by Gasteiger charge is 2.19. The molecule has 6 nitrogen and oxygen atoms in total. The maximum atomic E-state index is 12.9. The molecular weight excluding hydrogens is 973 g/mol. The molecule has 0 bridgehead atoms. The largest absolute Gasteiger partial charge is 0.462 e. The van der Waals surface area contributed by atoms with E-state index in [0.29, 0.717) is 19.3 Å². The van der Waals surface area contributed by atoms with E-state index in [0.717, 1.165) is 96.3 Å². The van der Waals surface area contributed by atoms with E-state index in [4.69, 9.17) is 14.2 Å². The van der Waals surface area contributed by atoms with Crippen LogP contribution in [-0.2, 0) is 28.6 Å². The molecule has 0 radical (unpaired) electrons. The number of rotatable bonds is 63. The minimum atomic E-state index is -0.797. The summed E-state index contributed by atoms with van der Waals surface area (Å²) < 4.78 is 16.9. The topological polar surface area (TPSA) is 78.9 Å². The highest BCUT2D eigenvalue weighted by atomic mass is 16.6. The fourth-order valence-corrected chi connectivity index (χ4v) is 10.1. The van der Waals surface area contributed by atoms with Crippen molar-refractivity contribution in [2.45, 2.75) is 361 Å². The Morgan fingerprint density at radius 3 is 0.823 bits per heavy atom. The first-order chi connectivity index (χ1) is 39.0. The SMILES string of the molecule is CC/C=C\C/C=C\C/C=C\C/C=C\CCCCC(=O)OCC(COC(=O)CCCCCCCCCCCCCCCCCCCCCCCCCCCCCCC)OC(=O)CCCCCCCCC/C=C\C/C=C\CCCCC. The van der Waals surface area contributed by atoms with Gasteiger partial charge in [-0.2, -0.15) is 0 Å². The molecule has 0 aliphatic heterocycles. The van der Waals surface area contributed by atoms with Crippen LogP contribution in [0.25, 0.3) is 0 Å². The fourth-order valence-electron chi connectivity index (χ4n) is 10.1. The van der Waals surface area contributed by atoms with Gasteiger partial charge in [-0.3, -0.25) is 14.4 Å². The predicted molar refractivity (Wildman–Crippen MR) is 344 cm³/mol. The Kier molecular flexibility index (Phi) is 64.7. The van der Waals surface area contributed by atoms with E-state index in [9.17, 15) is 14.4 Å². The molecule has 0 fully saturated rings. The molecule has 1 atom stereocenters. The Bertz CT molecular complexity index is 1450. The number of hydrogen-bond donors (Lipinski definition) is 0. The minimum Gasteiger partial charge on any atom is -0.462 e. The normalized spacial score (nSPS) is 12.5. The fraction of sp³-hybridized carbons (Fsp3) is 0.795. The number of carbonyl (C=O) groups excluding carboxylic acids is 3. The van der Waals surface area contributed by atoms with Crippen LogP contribution in [0, 0.1) is 0 Å². The zero-order valence-electron chi connectivity index (χ0n) is 52.6. The summed E-state index contributed by atoms with van der Waals surface area (Å²) in [6, 6.07) is 0. The van der Waals surface area contributed by atoms with Gasteiger partial charge in [-0.15, -0.1) is 0 Å². The summed E-state index contributed by atoms with van der Waals surface area (Å²) in [5.41, 5.74) is 0. The summed E-state index contributed by atoms with van der Waals surface area (Å²) in [7, 11) is 0. The lowest BCUT2D eigenvalue weighted by atomic mass is 10.0. The van der Waals surface area contributed by atoms with Gasteiger partial charge in [0.2, 0.25) is 0 Å². The predicted octanol–water partition coefficient (Wildman–Crippen LogP) is 23.7. The van der Waals surface area contributed by atoms with Crippen LogP contribution in [-0.4, -0.2) is 37.2 Å². The molecule has 1 unspecified atom stereocenters. The molecule has 0 rings (SSSR count). The van der Waals surface area contributed by atoms with Crippen molar-refractivity contribution in [3.05, 3.63) is 72.9 Å². The number of hydrogen-bond acceptors (Lipinski definition) is 6. The van der Waals surface area contributed by atoms with Crippen LogP contribution in [0.15, 0.2) is 72.9 Å².